The fraction of sp³-hybridized carbons (Fsp3) is 0.400. The fourth-order valence-corrected chi connectivity index (χ4v) is 2.94. The van der Waals surface area contributed by atoms with E-state index < -0.39 is 16.6 Å². The Balaban J connectivity index is 1.93. The van der Waals surface area contributed by atoms with Crippen LogP contribution in [0.5, 0.6) is 0 Å². The average molecular weight is 373 g/mol. The molecule has 2 unspecified atom stereocenters. The van der Waals surface area contributed by atoms with Crippen molar-refractivity contribution in [3.8, 4) is 0 Å². The Labute approximate surface area is 159 Å². The van der Waals surface area contributed by atoms with Crippen molar-refractivity contribution in [2.75, 3.05) is 26.7 Å². The number of likely N-dealkylation sites (N-methyl/N-ethyl adjacent to an activating group) is 1. The van der Waals surface area contributed by atoms with Crippen LogP contribution in [0.2, 0.25) is 0 Å². The van der Waals surface area contributed by atoms with Crippen molar-refractivity contribution in [2.45, 2.75) is 25.1 Å². The Morgan fingerprint density at radius 1 is 1.22 bits per heavy atom. The van der Waals surface area contributed by atoms with Gasteiger partial charge in [0.2, 0.25) is 0 Å². The minimum absolute atomic E-state index is 0.0304. The zero-order valence-corrected chi connectivity index (χ0v) is 15.7. The van der Waals surface area contributed by atoms with Gasteiger partial charge in [0.1, 0.15) is 0 Å². The van der Waals surface area contributed by atoms with Gasteiger partial charge in [-0.25, -0.2) is 0 Å². The van der Waals surface area contributed by atoms with Crippen LogP contribution in [0.1, 0.15) is 18.1 Å². The Bertz CT molecular complexity index is 741. The maximum absolute atomic E-state index is 11.0. The number of non-ortho nitro benzene ring substituents is 1. The van der Waals surface area contributed by atoms with Gasteiger partial charge in [0, 0.05) is 31.8 Å². The van der Waals surface area contributed by atoms with E-state index >= 15 is 0 Å². The smallest absolute Gasteiger partial charge is 0.269 e. The summed E-state index contributed by atoms with van der Waals surface area (Å²) in [5, 5.41) is 34.3. The molecule has 7 nitrogen and oxygen atoms in total. The van der Waals surface area contributed by atoms with Gasteiger partial charge in [-0.3, -0.25) is 15.0 Å². The van der Waals surface area contributed by atoms with Gasteiger partial charge in [-0.05, 0) is 25.1 Å². The van der Waals surface area contributed by atoms with Gasteiger partial charge in [-0.2, -0.15) is 0 Å². The third-order valence-corrected chi connectivity index (χ3v) is 4.56. The van der Waals surface area contributed by atoms with Gasteiger partial charge in [-0.15, -0.1) is 0 Å². The molecule has 3 N–H and O–H groups in total. The molecule has 0 radical (unpaired) electrons. The molecule has 2 aromatic carbocycles. The highest BCUT2D eigenvalue weighted by atomic mass is 16.6. The highest BCUT2D eigenvalue weighted by Crippen LogP contribution is 2.24. The van der Waals surface area contributed by atoms with E-state index in [1.54, 1.807) is 19.1 Å². The number of hydrogen-bond donors (Lipinski definition) is 3. The van der Waals surface area contributed by atoms with Gasteiger partial charge in [-0.1, -0.05) is 42.5 Å². The molecule has 146 valence electrons. The standard InChI is InChI=1S/C20H27N3O4/c1-20(15-24,17-9-6-10-18(11-17)23(26)27)21-12-19(25)14-22(2)13-16-7-4-3-5-8-16/h3-11,19,21,24-25H,12-15H2,1-2H3. The SMILES string of the molecule is CN(Cc1ccccc1)CC(O)CNC(C)(CO)c1cccc([N+](=O)[O-])c1. The van der Waals surface area contributed by atoms with Crippen LogP contribution in [0.25, 0.3) is 0 Å². The van der Waals surface area contributed by atoms with E-state index in [1.165, 1.54) is 12.1 Å². The zero-order valence-electron chi connectivity index (χ0n) is 15.7. The van der Waals surface area contributed by atoms with E-state index in [9.17, 15) is 20.3 Å². The predicted molar refractivity (Wildman–Crippen MR) is 104 cm³/mol. The van der Waals surface area contributed by atoms with E-state index in [0.29, 0.717) is 12.1 Å². The van der Waals surface area contributed by atoms with Crippen molar-refractivity contribution in [3.05, 3.63) is 75.8 Å². The fourth-order valence-electron chi connectivity index (χ4n) is 2.94. The van der Waals surface area contributed by atoms with Gasteiger partial charge in [0.25, 0.3) is 5.69 Å². The molecule has 27 heavy (non-hydrogen) atoms. The van der Waals surface area contributed by atoms with Crippen LogP contribution in [0.4, 0.5) is 5.69 Å². The maximum Gasteiger partial charge on any atom is 0.269 e. The van der Waals surface area contributed by atoms with Crippen LogP contribution < -0.4 is 5.32 Å². The first kappa shape index (κ1) is 21.0. The van der Waals surface area contributed by atoms with Crippen LogP contribution in [-0.2, 0) is 12.1 Å². The molecule has 0 saturated heterocycles. The van der Waals surface area contributed by atoms with Gasteiger partial charge >= 0.3 is 0 Å². The van der Waals surface area contributed by atoms with Crippen molar-refractivity contribution in [1.82, 2.24) is 10.2 Å². The lowest BCUT2D eigenvalue weighted by molar-refractivity contribution is -0.385. The quantitative estimate of drug-likeness (QED) is 0.434. The number of benzene rings is 2. The highest BCUT2D eigenvalue weighted by Gasteiger charge is 2.27. The second-order valence-electron chi connectivity index (χ2n) is 7.01. The average Bonchev–Trinajstić information content (AvgIpc) is 2.67. The van der Waals surface area contributed by atoms with E-state index in [0.717, 1.165) is 12.1 Å². The first-order valence-corrected chi connectivity index (χ1v) is 8.85. The number of hydrogen-bond acceptors (Lipinski definition) is 6. The summed E-state index contributed by atoms with van der Waals surface area (Å²) in [6, 6.07) is 16.2. The van der Waals surface area contributed by atoms with Crippen LogP contribution >= 0.6 is 0 Å². The van der Waals surface area contributed by atoms with Gasteiger partial charge in [0.05, 0.1) is 23.2 Å². The summed E-state index contributed by atoms with van der Waals surface area (Å²) in [7, 11) is 1.93. The number of nitrogens with one attached hydrogen (secondary N) is 1. The minimum atomic E-state index is -0.884. The van der Waals surface area contributed by atoms with Crippen LogP contribution in [0, 0.1) is 10.1 Å². The molecule has 0 saturated carbocycles. The molecular formula is C20H27N3O4. The molecule has 2 rings (SSSR count). The number of aliphatic hydroxyl groups is 2. The third-order valence-electron chi connectivity index (χ3n) is 4.56. The number of rotatable bonds is 10. The van der Waals surface area contributed by atoms with Crippen molar-refractivity contribution in [3.63, 3.8) is 0 Å². The molecule has 0 fully saturated rings. The summed E-state index contributed by atoms with van der Waals surface area (Å²) in [6.45, 7) is 2.93. The zero-order chi connectivity index (χ0) is 19.9. The lowest BCUT2D eigenvalue weighted by Crippen LogP contribution is -2.48. The molecule has 2 aromatic rings. The summed E-state index contributed by atoms with van der Waals surface area (Å²) in [5.41, 5.74) is 0.850. The van der Waals surface area contributed by atoms with Crippen LogP contribution in [0.15, 0.2) is 54.6 Å². The molecular weight excluding hydrogens is 346 g/mol. The Morgan fingerprint density at radius 3 is 2.56 bits per heavy atom. The first-order valence-electron chi connectivity index (χ1n) is 8.85. The largest absolute Gasteiger partial charge is 0.394 e. The predicted octanol–water partition coefficient (Wildman–Crippen LogP) is 1.88. The molecule has 0 spiro atoms. The molecule has 7 heteroatoms. The summed E-state index contributed by atoms with van der Waals surface area (Å²) >= 11 is 0. The van der Waals surface area contributed by atoms with Gasteiger partial charge < -0.3 is 15.5 Å². The van der Waals surface area contributed by atoms with Gasteiger partial charge in [0.15, 0.2) is 0 Å². The Morgan fingerprint density at radius 2 is 1.93 bits per heavy atom. The Hall–Kier alpha value is -2.32. The van der Waals surface area contributed by atoms with Crippen LogP contribution in [-0.4, -0.2) is 52.9 Å². The molecule has 2 atom stereocenters. The van der Waals surface area contributed by atoms with Crippen molar-refractivity contribution in [2.24, 2.45) is 0 Å². The molecule has 0 aliphatic rings. The second-order valence-corrected chi connectivity index (χ2v) is 7.01. The van der Waals surface area contributed by atoms with E-state index in [2.05, 4.69) is 5.32 Å². The summed E-state index contributed by atoms with van der Waals surface area (Å²) < 4.78 is 0. The number of nitro groups is 1. The number of aliphatic hydroxyl groups excluding tert-OH is 2. The number of nitrogens with zero attached hydrogens (tertiary/aromatic N) is 2. The summed E-state index contributed by atoms with van der Waals surface area (Å²) in [4.78, 5) is 12.5. The lowest BCUT2D eigenvalue weighted by atomic mass is 9.92. The molecule has 0 heterocycles. The topological polar surface area (TPSA) is 98.9 Å². The Kier molecular flexibility index (Phi) is 7.44. The summed E-state index contributed by atoms with van der Waals surface area (Å²) in [5.74, 6) is 0. The monoisotopic (exact) mass is 373 g/mol. The summed E-state index contributed by atoms with van der Waals surface area (Å²) in [6.07, 6.45) is -0.650. The van der Waals surface area contributed by atoms with E-state index in [4.69, 9.17) is 0 Å². The second kappa shape index (κ2) is 9.57. The minimum Gasteiger partial charge on any atom is -0.394 e. The molecule has 0 aliphatic heterocycles. The molecule has 0 bridgehead atoms. The van der Waals surface area contributed by atoms with Crippen LogP contribution in [0.3, 0.4) is 0 Å². The maximum atomic E-state index is 11.0. The lowest BCUT2D eigenvalue weighted by Gasteiger charge is -2.31. The normalized spacial score (nSPS) is 14.7. The van der Waals surface area contributed by atoms with Crippen molar-refractivity contribution in [1.29, 1.82) is 0 Å². The third kappa shape index (κ3) is 6.11. The van der Waals surface area contributed by atoms with Crippen molar-refractivity contribution >= 4 is 5.69 Å². The first-order chi connectivity index (χ1) is 12.8. The van der Waals surface area contributed by atoms with E-state index in [1.807, 2.05) is 42.3 Å². The van der Waals surface area contributed by atoms with Crippen molar-refractivity contribution < 1.29 is 15.1 Å². The molecule has 0 aliphatic carbocycles. The molecule has 0 amide bonds. The highest BCUT2D eigenvalue weighted by molar-refractivity contribution is 5.37. The number of nitro benzene ring substituents is 1. The molecule has 0 aromatic heterocycles. The van der Waals surface area contributed by atoms with E-state index in [-0.39, 0.29) is 18.8 Å².